The van der Waals surface area contributed by atoms with E-state index in [1.165, 1.54) is 5.56 Å². The third-order valence-corrected chi connectivity index (χ3v) is 4.81. The van der Waals surface area contributed by atoms with Crippen molar-refractivity contribution in [3.63, 3.8) is 0 Å². The van der Waals surface area contributed by atoms with E-state index in [-0.39, 0.29) is 12.5 Å². The molecule has 0 fully saturated rings. The molecule has 1 N–H and O–H groups in total. The molecule has 0 aliphatic carbocycles. The molecule has 0 spiro atoms. The summed E-state index contributed by atoms with van der Waals surface area (Å²) in [4.78, 5) is 12.5. The predicted molar refractivity (Wildman–Crippen MR) is 117 cm³/mol. The van der Waals surface area contributed by atoms with Crippen molar-refractivity contribution in [2.75, 3.05) is 18.5 Å². The Hall–Kier alpha value is -3.31. The van der Waals surface area contributed by atoms with Gasteiger partial charge < -0.3 is 14.8 Å². The minimum absolute atomic E-state index is 0.222. The Morgan fingerprint density at radius 3 is 2.70 bits per heavy atom. The number of nitrogens with one attached hydrogen (secondary N) is 1. The fourth-order valence-electron chi connectivity index (χ4n) is 2.78. The molecule has 0 saturated heterocycles. The first-order valence-corrected chi connectivity index (χ1v) is 10.2. The van der Waals surface area contributed by atoms with Crippen LogP contribution in [-0.4, -0.2) is 28.9 Å². The zero-order chi connectivity index (χ0) is 21.5. The molecule has 1 amide bonds. The van der Waals surface area contributed by atoms with Gasteiger partial charge in [0.2, 0.25) is 0 Å². The molecule has 8 heteroatoms. The molecule has 0 saturated carbocycles. The number of hydrogen-bond acceptors (Lipinski definition) is 5. The minimum atomic E-state index is -0.334. The van der Waals surface area contributed by atoms with Gasteiger partial charge in [-0.3, -0.25) is 4.79 Å². The first-order valence-electron chi connectivity index (χ1n) is 9.36. The van der Waals surface area contributed by atoms with E-state index in [9.17, 15) is 4.79 Å². The molecule has 30 heavy (non-hydrogen) atoms. The zero-order valence-electron chi connectivity index (χ0n) is 16.7. The number of nitriles is 1. The van der Waals surface area contributed by atoms with Gasteiger partial charge in [0.05, 0.1) is 35.5 Å². The lowest BCUT2D eigenvalue weighted by Crippen LogP contribution is -2.22. The molecular weight excluding hydrogens is 448 g/mol. The van der Waals surface area contributed by atoms with E-state index in [2.05, 4.69) is 32.4 Å². The quantitative estimate of drug-likeness (QED) is 0.532. The Kier molecular flexibility index (Phi) is 7.09. The molecule has 3 rings (SSSR count). The largest absolute Gasteiger partial charge is 0.490 e. The van der Waals surface area contributed by atoms with Crippen molar-refractivity contribution in [2.24, 2.45) is 0 Å². The summed E-state index contributed by atoms with van der Waals surface area (Å²) in [5.74, 6) is 1.02. The third kappa shape index (κ3) is 5.39. The fraction of sp³-hybridized carbons (Fsp3) is 0.227. The van der Waals surface area contributed by atoms with Crippen LogP contribution in [0.2, 0.25) is 0 Å². The maximum absolute atomic E-state index is 12.5. The molecule has 0 atom stereocenters. The van der Waals surface area contributed by atoms with Gasteiger partial charge in [-0.1, -0.05) is 29.8 Å². The van der Waals surface area contributed by atoms with Gasteiger partial charge in [-0.2, -0.15) is 10.4 Å². The van der Waals surface area contributed by atoms with Crippen LogP contribution in [0, 0.1) is 18.3 Å². The molecule has 0 bridgehead atoms. The van der Waals surface area contributed by atoms with Crippen LogP contribution in [0.15, 0.2) is 53.1 Å². The predicted octanol–water partition coefficient (Wildman–Crippen LogP) is 4.29. The minimum Gasteiger partial charge on any atom is -0.490 e. The SMILES string of the molecule is CCOc1cc(C#N)cc(Br)c1OCC(=O)Nc1ccnn1Cc1ccc(C)cc1. The number of carbonyl (C=O) groups excluding carboxylic acids is 1. The number of aryl methyl sites for hydroxylation is 1. The lowest BCUT2D eigenvalue weighted by molar-refractivity contribution is -0.118. The van der Waals surface area contributed by atoms with E-state index in [0.717, 1.165) is 5.56 Å². The lowest BCUT2D eigenvalue weighted by Gasteiger charge is -2.14. The maximum Gasteiger partial charge on any atom is 0.263 e. The second-order valence-electron chi connectivity index (χ2n) is 6.53. The normalized spacial score (nSPS) is 10.3. The molecule has 0 radical (unpaired) electrons. The summed E-state index contributed by atoms with van der Waals surface area (Å²) in [5.41, 5.74) is 2.70. The van der Waals surface area contributed by atoms with E-state index in [0.29, 0.717) is 40.5 Å². The van der Waals surface area contributed by atoms with E-state index < -0.39 is 0 Å². The van der Waals surface area contributed by atoms with E-state index in [1.807, 2.05) is 38.1 Å². The first kappa shape index (κ1) is 21.4. The Labute approximate surface area is 183 Å². The Bertz CT molecular complexity index is 1070. The standard InChI is InChI=1S/C22H21BrN4O3/c1-3-29-19-11-17(12-24)10-18(23)22(19)30-14-21(28)26-20-8-9-25-27(20)13-16-6-4-15(2)5-7-16/h4-11H,3,13-14H2,1-2H3,(H,26,28). The van der Waals surface area contributed by atoms with Gasteiger partial charge in [0.1, 0.15) is 5.82 Å². The van der Waals surface area contributed by atoms with Crippen molar-refractivity contribution < 1.29 is 14.3 Å². The molecule has 154 valence electrons. The second-order valence-corrected chi connectivity index (χ2v) is 7.38. The number of aromatic nitrogens is 2. The number of hydrogen-bond donors (Lipinski definition) is 1. The van der Waals surface area contributed by atoms with Crippen molar-refractivity contribution in [1.82, 2.24) is 9.78 Å². The molecular formula is C22H21BrN4O3. The number of amides is 1. The average Bonchev–Trinajstić information content (AvgIpc) is 3.15. The molecule has 7 nitrogen and oxygen atoms in total. The topological polar surface area (TPSA) is 89.2 Å². The van der Waals surface area contributed by atoms with E-state index in [4.69, 9.17) is 14.7 Å². The van der Waals surface area contributed by atoms with Gasteiger partial charge >= 0.3 is 0 Å². The van der Waals surface area contributed by atoms with Crippen molar-refractivity contribution in [1.29, 1.82) is 5.26 Å². The van der Waals surface area contributed by atoms with Gasteiger partial charge in [0.25, 0.3) is 5.91 Å². The number of nitrogens with zero attached hydrogens (tertiary/aromatic N) is 3. The number of ether oxygens (including phenoxy) is 2. The van der Waals surface area contributed by atoms with Crippen molar-refractivity contribution in [2.45, 2.75) is 20.4 Å². The monoisotopic (exact) mass is 468 g/mol. The zero-order valence-corrected chi connectivity index (χ0v) is 18.3. The summed E-state index contributed by atoms with van der Waals surface area (Å²) in [6, 6.07) is 15.1. The van der Waals surface area contributed by atoms with Crippen molar-refractivity contribution in [3.05, 3.63) is 69.8 Å². The van der Waals surface area contributed by atoms with Gasteiger partial charge in [0, 0.05) is 12.1 Å². The van der Waals surface area contributed by atoms with Crippen LogP contribution in [0.4, 0.5) is 5.82 Å². The summed E-state index contributed by atoms with van der Waals surface area (Å²) < 4.78 is 13.5. The molecule has 0 aliphatic rings. The molecule has 0 aliphatic heterocycles. The highest BCUT2D eigenvalue weighted by Gasteiger charge is 2.15. The highest BCUT2D eigenvalue weighted by Crippen LogP contribution is 2.36. The van der Waals surface area contributed by atoms with Crippen molar-refractivity contribution >= 4 is 27.7 Å². The van der Waals surface area contributed by atoms with Gasteiger partial charge in [-0.25, -0.2) is 4.68 Å². The maximum atomic E-state index is 12.5. The Morgan fingerprint density at radius 2 is 2.00 bits per heavy atom. The summed E-state index contributed by atoms with van der Waals surface area (Å²) in [7, 11) is 0. The third-order valence-electron chi connectivity index (χ3n) is 4.22. The lowest BCUT2D eigenvalue weighted by atomic mass is 10.1. The number of anilines is 1. The average molecular weight is 469 g/mol. The highest BCUT2D eigenvalue weighted by molar-refractivity contribution is 9.10. The van der Waals surface area contributed by atoms with Gasteiger partial charge in [-0.05, 0) is 41.4 Å². The number of rotatable bonds is 8. The Balaban J connectivity index is 1.66. The van der Waals surface area contributed by atoms with Crippen LogP contribution >= 0.6 is 15.9 Å². The molecule has 1 heterocycles. The first-order chi connectivity index (χ1) is 14.5. The molecule has 3 aromatic rings. The van der Waals surface area contributed by atoms with E-state index >= 15 is 0 Å². The highest BCUT2D eigenvalue weighted by atomic mass is 79.9. The van der Waals surface area contributed by atoms with Crippen LogP contribution in [-0.2, 0) is 11.3 Å². The van der Waals surface area contributed by atoms with Gasteiger partial charge in [-0.15, -0.1) is 0 Å². The number of halogens is 1. The van der Waals surface area contributed by atoms with Crippen LogP contribution in [0.5, 0.6) is 11.5 Å². The molecule has 2 aromatic carbocycles. The van der Waals surface area contributed by atoms with Crippen LogP contribution in [0.3, 0.4) is 0 Å². The Morgan fingerprint density at radius 1 is 1.23 bits per heavy atom. The van der Waals surface area contributed by atoms with Crippen LogP contribution in [0.1, 0.15) is 23.6 Å². The second kappa shape index (κ2) is 9.94. The summed E-state index contributed by atoms with van der Waals surface area (Å²) in [6.45, 7) is 4.59. The smallest absolute Gasteiger partial charge is 0.263 e. The molecule has 0 unspecified atom stereocenters. The molecule has 1 aromatic heterocycles. The fourth-order valence-corrected chi connectivity index (χ4v) is 3.34. The van der Waals surface area contributed by atoms with E-state index in [1.54, 1.807) is 29.1 Å². The summed E-state index contributed by atoms with van der Waals surface area (Å²) >= 11 is 3.37. The summed E-state index contributed by atoms with van der Waals surface area (Å²) in [5, 5.41) is 16.2. The summed E-state index contributed by atoms with van der Waals surface area (Å²) in [6.07, 6.45) is 1.63. The van der Waals surface area contributed by atoms with Crippen LogP contribution in [0.25, 0.3) is 0 Å². The van der Waals surface area contributed by atoms with Gasteiger partial charge in [0.15, 0.2) is 18.1 Å². The van der Waals surface area contributed by atoms with Crippen LogP contribution < -0.4 is 14.8 Å². The van der Waals surface area contributed by atoms with Crippen molar-refractivity contribution in [3.8, 4) is 17.6 Å². The number of benzene rings is 2. The number of carbonyl (C=O) groups is 1.